The number of hydrogen-bond donors (Lipinski definition) is 0. The van der Waals surface area contributed by atoms with Crippen LogP contribution in [0, 0.1) is 0 Å². The largest absolute Gasteiger partial charge is 0.375 e. The Kier molecular flexibility index (Phi) is 5.45. The molecule has 0 N–H and O–H groups in total. The number of thioether (sulfide) groups is 1. The zero-order chi connectivity index (χ0) is 18.6. The molecule has 1 aromatic heterocycles. The first-order chi connectivity index (χ1) is 13.3. The van der Waals surface area contributed by atoms with Crippen LogP contribution in [0.2, 0.25) is 0 Å². The zero-order valence-corrected chi connectivity index (χ0v) is 16.2. The highest BCUT2D eigenvalue weighted by Crippen LogP contribution is 2.28. The normalized spacial score (nSPS) is 17.4. The predicted molar refractivity (Wildman–Crippen MR) is 108 cm³/mol. The molecule has 0 radical (unpaired) electrons. The summed E-state index contributed by atoms with van der Waals surface area (Å²) in [5, 5.41) is 0.844. The molecule has 2 aromatic carbocycles. The van der Waals surface area contributed by atoms with E-state index >= 15 is 0 Å². The molecule has 1 aliphatic heterocycles. The first-order valence-corrected chi connectivity index (χ1v) is 10.3. The van der Waals surface area contributed by atoms with Gasteiger partial charge < -0.3 is 9.64 Å². The summed E-state index contributed by atoms with van der Waals surface area (Å²) in [5.74, 6) is 0.528. The van der Waals surface area contributed by atoms with Gasteiger partial charge in [0.25, 0.3) is 0 Å². The third kappa shape index (κ3) is 3.87. The van der Waals surface area contributed by atoms with Gasteiger partial charge in [0.2, 0.25) is 5.91 Å². The number of ether oxygens (including phenoxy) is 1. The zero-order valence-electron chi connectivity index (χ0n) is 15.4. The van der Waals surface area contributed by atoms with Gasteiger partial charge in [0.05, 0.1) is 29.5 Å². The predicted octanol–water partition coefficient (Wildman–Crippen LogP) is 3.76. The second-order valence-electron chi connectivity index (χ2n) is 6.58. The van der Waals surface area contributed by atoms with Gasteiger partial charge in [-0.1, -0.05) is 49.0 Å². The van der Waals surface area contributed by atoms with Gasteiger partial charge in [-0.3, -0.25) is 9.36 Å². The van der Waals surface area contributed by atoms with Crippen LogP contribution in [0.4, 0.5) is 0 Å². The van der Waals surface area contributed by atoms with Crippen molar-refractivity contribution in [3.05, 3.63) is 54.6 Å². The summed E-state index contributed by atoms with van der Waals surface area (Å²) >= 11 is 1.50. The first kappa shape index (κ1) is 18.1. The number of amides is 1. The van der Waals surface area contributed by atoms with Crippen molar-refractivity contribution in [3.63, 3.8) is 0 Å². The van der Waals surface area contributed by atoms with Crippen molar-refractivity contribution in [2.24, 2.45) is 0 Å². The number of hydrogen-bond acceptors (Lipinski definition) is 4. The van der Waals surface area contributed by atoms with Crippen molar-refractivity contribution in [2.45, 2.75) is 24.6 Å². The van der Waals surface area contributed by atoms with Gasteiger partial charge in [0, 0.05) is 18.8 Å². The van der Waals surface area contributed by atoms with Crippen molar-refractivity contribution in [2.75, 3.05) is 25.4 Å². The number of fused-ring (bicyclic) bond motifs is 1. The fourth-order valence-corrected chi connectivity index (χ4v) is 4.27. The lowest BCUT2D eigenvalue weighted by molar-refractivity contribution is -0.135. The topological polar surface area (TPSA) is 47.4 Å². The van der Waals surface area contributed by atoms with Crippen LogP contribution in [0.25, 0.3) is 16.7 Å². The molecular formula is C21H23N3O2S. The lowest BCUT2D eigenvalue weighted by atomic mass is 10.2. The molecule has 1 unspecified atom stereocenters. The SMILES string of the molecule is CCC1CN(C(=O)CSc2nc3ccccc3n2-c2ccccc2)CCO1. The Balaban J connectivity index is 1.56. The molecular weight excluding hydrogens is 358 g/mol. The van der Waals surface area contributed by atoms with Gasteiger partial charge in [-0.15, -0.1) is 0 Å². The van der Waals surface area contributed by atoms with Crippen LogP contribution in [-0.2, 0) is 9.53 Å². The monoisotopic (exact) mass is 381 g/mol. The van der Waals surface area contributed by atoms with E-state index in [1.807, 2.05) is 41.3 Å². The highest BCUT2D eigenvalue weighted by Gasteiger charge is 2.23. The van der Waals surface area contributed by atoms with Crippen LogP contribution >= 0.6 is 11.8 Å². The van der Waals surface area contributed by atoms with Gasteiger partial charge in [0.15, 0.2) is 5.16 Å². The number of imidazole rings is 1. The van der Waals surface area contributed by atoms with Crippen molar-refractivity contribution < 1.29 is 9.53 Å². The summed E-state index contributed by atoms with van der Waals surface area (Å²) in [4.78, 5) is 19.4. The summed E-state index contributed by atoms with van der Waals surface area (Å²) in [7, 11) is 0. The number of benzene rings is 2. The molecule has 2 heterocycles. The van der Waals surface area contributed by atoms with Crippen LogP contribution in [0.3, 0.4) is 0 Å². The van der Waals surface area contributed by atoms with Crippen LogP contribution in [0.5, 0.6) is 0 Å². The number of rotatable bonds is 5. The minimum Gasteiger partial charge on any atom is -0.375 e. The average molecular weight is 382 g/mol. The average Bonchev–Trinajstić information content (AvgIpc) is 3.11. The number of carbonyl (C=O) groups excluding carboxylic acids is 1. The maximum absolute atomic E-state index is 12.7. The van der Waals surface area contributed by atoms with Gasteiger partial charge in [-0.25, -0.2) is 4.98 Å². The molecule has 1 aliphatic rings. The maximum atomic E-state index is 12.7. The fraction of sp³-hybridized carbons (Fsp3) is 0.333. The number of morpholine rings is 1. The standard InChI is InChI=1S/C21H23N3O2S/c1-2-17-14-23(12-13-26-17)20(25)15-27-21-22-18-10-6-7-11-19(18)24(21)16-8-4-3-5-9-16/h3-11,17H,2,12-15H2,1H3. The van der Waals surface area contributed by atoms with Crippen LogP contribution in [-0.4, -0.2) is 51.9 Å². The lowest BCUT2D eigenvalue weighted by Gasteiger charge is -2.32. The Morgan fingerprint density at radius 2 is 1.96 bits per heavy atom. The summed E-state index contributed by atoms with van der Waals surface area (Å²) in [6.45, 7) is 4.07. The molecule has 3 aromatic rings. The molecule has 0 spiro atoms. The molecule has 140 valence electrons. The molecule has 1 amide bonds. The third-order valence-electron chi connectivity index (χ3n) is 4.82. The number of nitrogens with zero attached hydrogens (tertiary/aromatic N) is 3. The molecule has 0 saturated carbocycles. The quantitative estimate of drug-likeness (QED) is 0.632. The van der Waals surface area contributed by atoms with Gasteiger partial charge in [-0.2, -0.15) is 0 Å². The van der Waals surface area contributed by atoms with E-state index in [2.05, 4.69) is 29.7 Å². The first-order valence-electron chi connectivity index (χ1n) is 9.31. The summed E-state index contributed by atoms with van der Waals surface area (Å²) < 4.78 is 7.80. The minimum absolute atomic E-state index is 0.147. The van der Waals surface area contributed by atoms with Gasteiger partial charge in [0.1, 0.15) is 0 Å². The van der Waals surface area contributed by atoms with Crippen LogP contribution < -0.4 is 0 Å². The molecule has 27 heavy (non-hydrogen) atoms. The highest BCUT2D eigenvalue weighted by molar-refractivity contribution is 7.99. The van der Waals surface area contributed by atoms with Crippen molar-refractivity contribution >= 4 is 28.7 Å². The van der Waals surface area contributed by atoms with E-state index < -0.39 is 0 Å². The van der Waals surface area contributed by atoms with E-state index in [9.17, 15) is 4.79 Å². The molecule has 0 aliphatic carbocycles. The second-order valence-corrected chi connectivity index (χ2v) is 7.53. The Morgan fingerprint density at radius 1 is 1.19 bits per heavy atom. The van der Waals surface area contributed by atoms with E-state index in [0.29, 0.717) is 25.4 Å². The third-order valence-corrected chi connectivity index (χ3v) is 5.74. The molecule has 5 nitrogen and oxygen atoms in total. The van der Waals surface area contributed by atoms with Crippen molar-refractivity contribution in [3.8, 4) is 5.69 Å². The lowest BCUT2D eigenvalue weighted by Crippen LogP contribution is -2.46. The molecule has 1 saturated heterocycles. The van der Waals surface area contributed by atoms with E-state index in [1.165, 1.54) is 11.8 Å². The highest BCUT2D eigenvalue weighted by atomic mass is 32.2. The second kappa shape index (κ2) is 8.15. The molecule has 1 atom stereocenters. The summed E-state index contributed by atoms with van der Waals surface area (Å²) in [6, 6.07) is 18.2. The minimum atomic E-state index is 0.147. The Hall–Kier alpha value is -2.31. The van der Waals surface area contributed by atoms with Crippen LogP contribution in [0.15, 0.2) is 59.8 Å². The Morgan fingerprint density at radius 3 is 2.78 bits per heavy atom. The maximum Gasteiger partial charge on any atom is 0.233 e. The van der Waals surface area contributed by atoms with Crippen molar-refractivity contribution in [1.82, 2.24) is 14.5 Å². The van der Waals surface area contributed by atoms with E-state index in [-0.39, 0.29) is 12.0 Å². The van der Waals surface area contributed by atoms with Crippen molar-refractivity contribution in [1.29, 1.82) is 0 Å². The molecule has 4 rings (SSSR count). The van der Waals surface area contributed by atoms with E-state index in [0.717, 1.165) is 28.3 Å². The summed E-state index contributed by atoms with van der Waals surface area (Å²) in [6.07, 6.45) is 1.09. The fourth-order valence-electron chi connectivity index (χ4n) is 3.34. The summed E-state index contributed by atoms with van der Waals surface area (Å²) in [5.41, 5.74) is 3.04. The Bertz CT molecular complexity index is 926. The van der Waals surface area contributed by atoms with E-state index in [4.69, 9.17) is 9.72 Å². The smallest absolute Gasteiger partial charge is 0.233 e. The number of carbonyl (C=O) groups is 1. The van der Waals surface area contributed by atoms with Gasteiger partial charge >= 0.3 is 0 Å². The molecule has 0 bridgehead atoms. The Labute approximate surface area is 163 Å². The number of aromatic nitrogens is 2. The molecule has 1 fully saturated rings. The number of para-hydroxylation sites is 3. The van der Waals surface area contributed by atoms with Crippen LogP contribution in [0.1, 0.15) is 13.3 Å². The van der Waals surface area contributed by atoms with Gasteiger partial charge in [-0.05, 0) is 30.7 Å². The van der Waals surface area contributed by atoms with E-state index in [1.54, 1.807) is 0 Å². The molecule has 6 heteroatoms.